The second-order valence-electron chi connectivity index (χ2n) is 6.65. The van der Waals surface area contributed by atoms with Gasteiger partial charge in [0, 0.05) is 18.5 Å². The molecule has 0 radical (unpaired) electrons. The first kappa shape index (κ1) is 17.2. The van der Waals surface area contributed by atoms with Crippen LogP contribution < -0.4 is 20.5 Å². The lowest BCUT2D eigenvalue weighted by Crippen LogP contribution is -2.41. The van der Waals surface area contributed by atoms with Gasteiger partial charge in [0.25, 0.3) is 5.91 Å². The van der Waals surface area contributed by atoms with Gasteiger partial charge in [0.1, 0.15) is 17.1 Å². The number of aromatic nitrogens is 3. The largest absolute Gasteiger partial charge is 0.497 e. The number of hydrogen-bond acceptors (Lipinski definition) is 6. The lowest BCUT2D eigenvalue weighted by molar-refractivity contribution is 0.0616. The minimum atomic E-state index is -0.392. The Labute approximate surface area is 146 Å². The fourth-order valence-corrected chi connectivity index (χ4v) is 2.96. The van der Waals surface area contributed by atoms with Gasteiger partial charge in [0.05, 0.1) is 25.9 Å². The van der Waals surface area contributed by atoms with Gasteiger partial charge in [-0.1, -0.05) is 5.21 Å². The van der Waals surface area contributed by atoms with Crippen LogP contribution in [0.15, 0.2) is 24.4 Å². The molecule has 1 aliphatic heterocycles. The molecule has 0 saturated carbocycles. The zero-order valence-electron chi connectivity index (χ0n) is 14.7. The van der Waals surface area contributed by atoms with Crippen LogP contribution in [0, 0.1) is 0 Å². The lowest BCUT2D eigenvalue weighted by Gasteiger charge is -2.37. The molecule has 2 heterocycles. The summed E-state index contributed by atoms with van der Waals surface area (Å²) in [5.74, 6) is 1.18. The van der Waals surface area contributed by atoms with Crippen molar-refractivity contribution in [2.45, 2.75) is 38.5 Å². The molecule has 1 amide bonds. The minimum absolute atomic E-state index is 0.207. The second-order valence-corrected chi connectivity index (χ2v) is 6.65. The van der Waals surface area contributed by atoms with E-state index >= 15 is 0 Å². The molecule has 1 aromatic carbocycles. The van der Waals surface area contributed by atoms with Crippen LogP contribution in [0.5, 0.6) is 11.5 Å². The molecule has 0 aliphatic carbocycles. The third-order valence-corrected chi connectivity index (χ3v) is 4.11. The van der Waals surface area contributed by atoms with Gasteiger partial charge in [-0.3, -0.25) is 9.48 Å². The van der Waals surface area contributed by atoms with Crippen molar-refractivity contribution < 1.29 is 14.3 Å². The second kappa shape index (κ2) is 6.72. The highest BCUT2D eigenvalue weighted by Crippen LogP contribution is 2.41. The predicted molar refractivity (Wildman–Crippen MR) is 91.6 cm³/mol. The van der Waals surface area contributed by atoms with E-state index in [1.807, 2.05) is 32.0 Å². The normalized spacial score (nSPS) is 18.2. The molecule has 1 aromatic heterocycles. The van der Waals surface area contributed by atoms with Gasteiger partial charge in [0.15, 0.2) is 5.69 Å². The number of nitrogens with two attached hydrogens (primary N) is 1. The molecule has 0 spiro atoms. The van der Waals surface area contributed by atoms with E-state index in [4.69, 9.17) is 15.2 Å². The van der Waals surface area contributed by atoms with E-state index in [1.165, 1.54) is 0 Å². The van der Waals surface area contributed by atoms with Crippen molar-refractivity contribution in [2.24, 2.45) is 5.73 Å². The molecule has 2 aromatic rings. The van der Waals surface area contributed by atoms with Crippen LogP contribution in [-0.4, -0.2) is 40.2 Å². The van der Waals surface area contributed by atoms with Crippen LogP contribution in [0.1, 0.15) is 42.4 Å². The first-order valence-electron chi connectivity index (χ1n) is 8.20. The van der Waals surface area contributed by atoms with Gasteiger partial charge in [0.2, 0.25) is 0 Å². The summed E-state index contributed by atoms with van der Waals surface area (Å²) in [7, 11) is 1.61. The van der Waals surface area contributed by atoms with Crippen LogP contribution >= 0.6 is 0 Å². The van der Waals surface area contributed by atoms with E-state index in [0.29, 0.717) is 19.5 Å². The highest BCUT2D eigenvalue weighted by Gasteiger charge is 2.35. The molecule has 0 bridgehead atoms. The van der Waals surface area contributed by atoms with Crippen molar-refractivity contribution in [1.29, 1.82) is 0 Å². The summed E-state index contributed by atoms with van der Waals surface area (Å²) in [5, 5.41) is 10.8. The fourth-order valence-electron chi connectivity index (χ4n) is 2.96. The molecule has 1 atom stereocenters. The summed E-state index contributed by atoms with van der Waals surface area (Å²) in [6.45, 7) is 4.95. The fraction of sp³-hybridized carbons (Fsp3) is 0.471. The minimum Gasteiger partial charge on any atom is -0.497 e. The molecule has 0 unspecified atom stereocenters. The standard InChI is InChI=1S/C17H23N5O3/c1-17(2)9-13(12-8-11(24-3)4-5-15(12)25-17)19-16(23)14-10-22(7-6-18)21-20-14/h4-5,8,10,13H,6-7,9,18H2,1-3H3,(H,19,23)/t13-/m1/s1. The van der Waals surface area contributed by atoms with E-state index in [0.717, 1.165) is 17.1 Å². The number of carbonyl (C=O) groups is 1. The van der Waals surface area contributed by atoms with Crippen LogP contribution in [0.4, 0.5) is 0 Å². The average molecular weight is 345 g/mol. The average Bonchev–Trinajstić information content (AvgIpc) is 3.03. The quantitative estimate of drug-likeness (QED) is 0.846. The Kier molecular flexibility index (Phi) is 4.63. The third kappa shape index (κ3) is 3.74. The SMILES string of the molecule is COc1ccc2c(c1)[C@H](NC(=O)c1cn(CCN)nn1)CC(C)(C)O2. The maximum absolute atomic E-state index is 12.6. The molecule has 134 valence electrons. The summed E-state index contributed by atoms with van der Waals surface area (Å²) in [6, 6.07) is 5.39. The van der Waals surface area contributed by atoms with Gasteiger partial charge >= 0.3 is 0 Å². The summed E-state index contributed by atoms with van der Waals surface area (Å²) >= 11 is 0. The summed E-state index contributed by atoms with van der Waals surface area (Å²) in [6.07, 6.45) is 2.23. The first-order valence-corrected chi connectivity index (χ1v) is 8.20. The smallest absolute Gasteiger partial charge is 0.273 e. The molecule has 1 aliphatic rings. The molecule has 8 nitrogen and oxygen atoms in total. The number of carbonyl (C=O) groups excluding carboxylic acids is 1. The number of methoxy groups -OCH3 is 1. The molecule has 8 heteroatoms. The number of hydrogen-bond donors (Lipinski definition) is 2. The van der Waals surface area contributed by atoms with E-state index < -0.39 is 5.60 Å². The molecule has 0 saturated heterocycles. The van der Waals surface area contributed by atoms with Gasteiger partial charge in [-0.2, -0.15) is 0 Å². The van der Waals surface area contributed by atoms with Crippen molar-refractivity contribution in [3.8, 4) is 11.5 Å². The molecular weight excluding hydrogens is 322 g/mol. The van der Waals surface area contributed by atoms with E-state index in [1.54, 1.807) is 18.0 Å². The number of benzene rings is 1. The van der Waals surface area contributed by atoms with Gasteiger partial charge < -0.3 is 20.5 Å². The zero-order chi connectivity index (χ0) is 18.0. The Morgan fingerprint density at radius 2 is 2.32 bits per heavy atom. The summed E-state index contributed by atoms with van der Waals surface area (Å²) in [4.78, 5) is 12.6. The van der Waals surface area contributed by atoms with Gasteiger partial charge in [-0.05, 0) is 32.0 Å². The molecule has 3 N–H and O–H groups in total. The Bertz CT molecular complexity index is 771. The summed E-state index contributed by atoms with van der Waals surface area (Å²) < 4.78 is 12.9. The Morgan fingerprint density at radius 3 is 3.04 bits per heavy atom. The Morgan fingerprint density at radius 1 is 1.52 bits per heavy atom. The Hall–Kier alpha value is -2.61. The van der Waals surface area contributed by atoms with Crippen molar-refractivity contribution in [3.05, 3.63) is 35.7 Å². The lowest BCUT2D eigenvalue weighted by atomic mass is 9.89. The Balaban J connectivity index is 1.84. The third-order valence-electron chi connectivity index (χ3n) is 4.11. The van der Waals surface area contributed by atoms with Crippen LogP contribution in [0.25, 0.3) is 0 Å². The van der Waals surface area contributed by atoms with Crippen molar-refractivity contribution in [3.63, 3.8) is 0 Å². The maximum Gasteiger partial charge on any atom is 0.273 e. The topological polar surface area (TPSA) is 104 Å². The summed E-state index contributed by atoms with van der Waals surface area (Å²) in [5.41, 5.74) is 6.25. The van der Waals surface area contributed by atoms with E-state index in [9.17, 15) is 4.79 Å². The molecule has 3 rings (SSSR count). The number of amides is 1. The van der Waals surface area contributed by atoms with E-state index in [-0.39, 0.29) is 17.6 Å². The van der Waals surface area contributed by atoms with Crippen LogP contribution in [0.3, 0.4) is 0 Å². The molecule has 0 fully saturated rings. The molecular formula is C17H23N5O3. The highest BCUT2D eigenvalue weighted by molar-refractivity contribution is 5.92. The first-order chi connectivity index (χ1) is 11.9. The number of nitrogens with one attached hydrogen (secondary N) is 1. The molecule has 25 heavy (non-hydrogen) atoms. The van der Waals surface area contributed by atoms with Crippen molar-refractivity contribution in [2.75, 3.05) is 13.7 Å². The van der Waals surface area contributed by atoms with Crippen LogP contribution in [-0.2, 0) is 6.54 Å². The highest BCUT2D eigenvalue weighted by atomic mass is 16.5. The van der Waals surface area contributed by atoms with Crippen LogP contribution in [0.2, 0.25) is 0 Å². The van der Waals surface area contributed by atoms with E-state index in [2.05, 4.69) is 15.6 Å². The van der Waals surface area contributed by atoms with Crippen molar-refractivity contribution >= 4 is 5.91 Å². The number of ether oxygens (including phenoxy) is 2. The monoisotopic (exact) mass is 345 g/mol. The predicted octanol–water partition coefficient (Wildman–Crippen LogP) is 1.28. The maximum atomic E-state index is 12.6. The number of nitrogens with zero attached hydrogens (tertiary/aromatic N) is 3. The zero-order valence-corrected chi connectivity index (χ0v) is 14.7. The van der Waals surface area contributed by atoms with Gasteiger partial charge in [-0.25, -0.2) is 0 Å². The number of rotatable bonds is 5. The van der Waals surface area contributed by atoms with Crippen molar-refractivity contribution in [1.82, 2.24) is 20.3 Å². The number of fused-ring (bicyclic) bond motifs is 1. The van der Waals surface area contributed by atoms with Gasteiger partial charge in [-0.15, -0.1) is 5.10 Å².